The zero-order valence-electron chi connectivity index (χ0n) is 10.6. The molecule has 0 aromatic heterocycles. The second kappa shape index (κ2) is 5.48. The average Bonchev–Trinajstić information content (AvgIpc) is 2.99. The van der Waals surface area contributed by atoms with E-state index in [9.17, 15) is 0 Å². The molecule has 0 radical (unpaired) electrons. The standard InChI is InChI=1S/C13H26N2O/c1-16-10-12-3-2-8-15(9-12)11-13(4-5-13)6-7-14/h12H,2-11,14H2,1H3. The molecule has 16 heavy (non-hydrogen) atoms. The molecule has 3 nitrogen and oxygen atoms in total. The maximum atomic E-state index is 5.70. The first-order valence-electron chi connectivity index (χ1n) is 6.69. The van der Waals surface area contributed by atoms with Gasteiger partial charge in [0.15, 0.2) is 0 Å². The fraction of sp³-hybridized carbons (Fsp3) is 1.00. The Morgan fingerprint density at radius 1 is 1.44 bits per heavy atom. The van der Waals surface area contributed by atoms with E-state index in [0.29, 0.717) is 5.41 Å². The number of methoxy groups -OCH3 is 1. The van der Waals surface area contributed by atoms with Gasteiger partial charge >= 0.3 is 0 Å². The zero-order valence-corrected chi connectivity index (χ0v) is 10.6. The smallest absolute Gasteiger partial charge is 0.0502 e. The van der Waals surface area contributed by atoms with Crippen LogP contribution in [-0.4, -0.2) is 44.8 Å². The van der Waals surface area contributed by atoms with Gasteiger partial charge in [0, 0.05) is 20.2 Å². The number of hydrogen-bond donors (Lipinski definition) is 1. The summed E-state index contributed by atoms with van der Waals surface area (Å²) in [5.74, 6) is 0.757. The van der Waals surface area contributed by atoms with E-state index >= 15 is 0 Å². The van der Waals surface area contributed by atoms with Gasteiger partial charge in [-0.05, 0) is 56.5 Å². The van der Waals surface area contributed by atoms with Crippen molar-refractivity contribution < 1.29 is 4.74 Å². The molecule has 1 saturated heterocycles. The van der Waals surface area contributed by atoms with Gasteiger partial charge in [0.05, 0.1) is 6.61 Å². The quantitative estimate of drug-likeness (QED) is 0.745. The number of likely N-dealkylation sites (tertiary alicyclic amines) is 1. The molecule has 1 aliphatic heterocycles. The summed E-state index contributed by atoms with van der Waals surface area (Å²) in [5, 5.41) is 0. The first-order valence-corrected chi connectivity index (χ1v) is 6.69. The van der Waals surface area contributed by atoms with Gasteiger partial charge in [0.1, 0.15) is 0 Å². The summed E-state index contributed by atoms with van der Waals surface area (Å²) in [6.07, 6.45) is 6.70. The molecule has 1 unspecified atom stereocenters. The molecule has 2 aliphatic rings. The van der Waals surface area contributed by atoms with Crippen molar-refractivity contribution in [2.45, 2.75) is 32.1 Å². The summed E-state index contributed by atoms with van der Waals surface area (Å²) in [5.41, 5.74) is 6.30. The Labute approximate surface area is 99.3 Å². The van der Waals surface area contributed by atoms with Crippen LogP contribution in [0.25, 0.3) is 0 Å². The molecule has 1 saturated carbocycles. The van der Waals surface area contributed by atoms with Gasteiger partial charge in [0.2, 0.25) is 0 Å². The zero-order chi connectivity index (χ0) is 11.4. The Kier molecular flexibility index (Phi) is 4.22. The number of rotatable bonds is 6. The Hall–Kier alpha value is -0.120. The van der Waals surface area contributed by atoms with Crippen LogP contribution in [0.4, 0.5) is 0 Å². The lowest BCUT2D eigenvalue weighted by Gasteiger charge is -2.35. The fourth-order valence-corrected chi connectivity index (χ4v) is 3.11. The molecular weight excluding hydrogens is 200 g/mol. The van der Waals surface area contributed by atoms with E-state index in [1.165, 1.54) is 51.7 Å². The van der Waals surface area contributed by atoms with Crippen LogP contribution in [0.3, 0.4) is 0 Å². The lowest BCUT2D eigenvalue weighted by molar-refractivity contribution is 0.0792. The van der Waals surface area contributed by atoms with Crippen molar-refractivity contribution in [1.82, 2.24) is 4.90 Å². The van der Waals surface area contributed by atoms with Crippen LogP contribution in [0.15, 0.2) is 0 Å². The highest BCUT2D eigenvalue weighted by Crippen LogP contribution is 2.49. The van der Waals surface area contributed by atoms with E-state index in [1.54, 1.807) is 0 Å². The van der Waals surface area contributed by atoms with Crippen LogP contribution >= 0.6 is 0 Å². The molecule has 2 rings (SSSR count). The number of nitrogens with two attached hydrogens (primary N) is 1. The SMILES string of the molecule is COCC1CCCN(CC2(CCN)CC2)C1. The normalized spacial score (nSPS) is 29.2. The first kappa shape index (κ1) is 12.3. The van der Waals surface area contributed by atoms with Gasteiger partial charge in [-0.1, -0.05) is 0 Å². The summed E-state index contributed by atoms with van der Waals surface area (Å²) in [6, 6.07) is 0. The topological polar surface area (TPSA) is 38.5 Å². The highest BCUT2D eigenvalue weighted by Gasteiger charge is 2.43. The maximum Gasteiger partial charge on any atom is 0.0502 e. The van der Waals surface area contributed by atoms with Crippen LogP contribution in [-0.2, 0) is 4.74 Å². The summed E-state index contributed by atoms with van der Waals surface area (Å²) in [6.45, 7) is 5.59. The molecule has 3 heteroatoms. The lowest BCUT2D eigenvalue weighted by Crippen LogP contribution is -2.40. The summed E-state index contributed by atoms with van der Waals surface area (Å²) >= 11 is 0. The first-order chi connectivity index (χ1) is 7.78. The Morgan fingerprint density at radius 2 is 2.25 bits per heavy atom. The maximum absolute atomic E-state index is 5.70. The molecule has 0 spiro atoms. The third-order valence-electron chi connectivity index (χ3n) is 4.20. The van der Waals surface area contributed by atoms with Crippen molar-refractivity contribution in [3.63, 3.8) is 0 Å². The van der Waals surface area contributed by atoms with Gasteiger partial charge in [-0.15, -0.1) is 0 Å². The van der Waals surface area contributed by atoms with E-state index in [-0.39, 0.29) is 0 Å². The van der Waals surface area contributed by atoms with Crippen LogP contribution in [0.1, 0.15) is 32.1 Å². The third-order valence-corrected chi connectivity index (χ3v) is 4.20. The highest BCUT2D eigenvalue weighted by molar-refractivity contribution is 4.96. The van der Waals surface area contributed by atoms with Crippen LogP contribution in [0.2, 0.25) is 0 Å². The van der Waals surface area contributed by atoms with Gasteiger partial charge in [-0.3, -0.25) is 0 Å². The molecule has 0 aromatic carbocycles. The molecule has 0 bridgehead atoms. The predicted octanol–water partition coefficient (Wildman–Crippen LogP) is 1.47. The third kappa shape index (κ3) is 3.19. The minimum atomic E-state index is 0.601. The van der Waals surface area contributed by atoms with E-state index in [0.717, 1.165) is 19.1 Å². The van der Waals surface area contributed by atoms with Crippen molar-refractivity contribution in [3.8, 4) is 0 Å². The second-order valence-corrected chi connectivity index (χ2v) is 5.74. The molecule has 0 aromatic rings. The summed E-state index contributed by atoms with van der Waals surface area (Å²) in [7, 11) is 1.82. The number of piperidine rings is 1. The van der Waals surface area contributed by atoms with E-state index in [1.807, 2.05) is 7.11 Å². The number of hydrogen-bond acceptors (Lipinski definition) is 3. The Morgan fingerprint density at radius 3 is 2.88 bits per heavy atom. The van der Waals surface area contributed by atoms with E-state index in [2.05, 4.69) is 4.90 Å². The van der Waals surface area contributed by atoms with Gasteiger partial charge < -0.3 is 15.4 Å². The molecule has 94 valence electrons. The van der Waals surface area contributed by atoms with Crippen molar-refractivity contribution >= 4 is 0 Å². The van der Waals surface area contributed by atoms with Crippen molar-refractivity contribution in [1.29, 1.82) is 0 Å². The van der Waals surface area contributed by atoms with Crippen molar-refractivity contribution in [2.75, 3.05) is 39.9 Å². The minimum absolute atomic E-state index is 0.601. The number of ether oxygens (including phenoxy) is 1. The molecular formula is C13H26N2O. The van der Waals surface area contributed by atoms with Gasteiger partial charge in [0.25, 0.3) is 0 Å². The number of nitrogens with zero attached hydrogens (tertiary/aromatic N) is 1. The molecule has 1 aliphatic carbocycles. The summed E-state index contributed by atoms with van der Waals surface area (Å²) < 4.78 is 5.28. The second-order valence-electron chi connectivity index (χ2n) is 5.74. The predicted molar refractivity (Wildman–Crippen MR) is 66.4 cm³/mol. The minimum Gasteiger partial charge on any atom is -0.384 e. The molecule has 2 N–H and O–H groups in total. The summed E-state index contributed by atoms with van der Waals surface area (Å²) in [4.78, 5) is 2.65. The fourth-order valence-electron chi connectivity index (χ4n) is 3.11. The van der Waals surface area contributed by atoms with Gasteiger partial charge in [-0.25, -0.2) is 0 Å². The molecule has 2 fully saturated rings. The molecule has 0 amide bonds. The largest absolute Gasteiger partial charge is 0.384 e. The van der Waals surface area contributed by atoms with Crippen molar-refractivity contribution in [3.05, 3.63) is 0 Å². The molecule has 1 heterocycles. The van der Waals surface area contributed by atoms with Crippen LogP contribution in [0.5, 0.6) is 0 Å². The monoisotopic (exact) mass is 226 g/mol. The van der Waals surface area contributed by atoms with Crippen LogP contribution in [0, 0.1) is 11.3 Å². The molecule has 1 atom stereocenters. The van der Waals surface area contributed by atoms with Crippen LogP contribution < -0.4 is 5.73 Å². The highest BCUT2D eigenvalue weighted by atomic mass is 16.5. The Balaban J connectivity index is 1.76. The van der Waals surface area contributed by atoms with Gasteiger partial charge in [-0.2, -0.15) is 0 Å². The van der Waals surface area contributed by atoms with E-state index < -0.39 is 0 Å². The van der Waals surface area contributed by atoms with Crippen molar-refractivity contribution in [2.24, 2.45) is 17.1 Å². The Bertz CT molecular complexity index is 214. The lowest BCUT2D eigenvalue weighted by atomic mass is 9.95. The average molecular weight is 226 g/mol. The van der Waals surface area contributed by atoms with E-state index in [4.69, 9.17) is 10.5 Å².